The van der Waals surface area contributed by atoms with Crippen LogP contribution < -0.4 is 5.32 Å². The Morgan fingerprint density at radius 2 is 1.96 bits per heavy atom. The quantitative estimate of drug-likeness (QED) is 0.641. The third-order valence-corrected chi connectivity index (χ3v) is 4.97. The molecule has 6 heteroatoms. The number of ether oxygens (including phenoxy) is 1. The van der Waals surface area contributed by atoms with Gasteiger partial charge in [-0.1, -0.05) is 35.9 Å². The molecule has 0 radical (unpaired) electrons. The van der Waals surface area contributed by atoms with E-state index in [1.807, 2.05) is 17.5 Å². The molecule has 2 aromatic carbocycles. The van der Waals surface area contributed by atoms with Crippen molar-refractivity contribution in [3.63, 3.8) is 0 Å². The van der Waals surface area contributed by atoms with Gasteiger partial charge in [-0.05, 0) is 31.5 Å². The van der Waals surface area contributed by atoms with Gasteiger partial charge in [-0.2, -0.15) is 0 Å². The maximum Gasteiger partial charge on any atom is 0.339 e. The van der Waals surface area contributed by atoms with Crippen LogP contribution in [0.25, 0.3) is 10.6 Å². The van der Waals surface area contributed by atoms with Gasteiger partial charge < -0.3 is 10.1 Å². The van der Waals surface area contributed by atoms with Crippen LogP contribution in [-0.4, -0.2) is 24.0 Å². The van der Waals surface area contributed by atoms with Gasteiger partial charge >= 0.3 is 5.97 Å². The topological polar surface area (TPSA) is 68.3 Å². The molecule has 0 aliphatic carbocycles. The third kappa shape index (κ3) is 4.80. The first-order valence-electron chi connectivity index (χ1n) is 8.55. The normalized spacial score (nSPS) is 10.4. The Labute approximate surface area is 162 Å². The molecule has 0 saturated carbocycles. The number of carbonyl (C=O) groups is 2. The number of rotatable bonds is 6. The number of para-hydroxylation sites is 1. The fraction of sp³-hybridized carbons (Fsp3) is 0.190. The molecule has 138 valence electrons. The van der Waals surface area contributed by atoms with Crippen LogP contribution in [0.15, 0.2) is 53.9 Å². The molecule has 1 N–H and O–H groups in total. The average Bonchev–Trinajstić information content (AvgIpc) is 3.15. The number of esters is 1. The number of hydrogen-bond acceptors (Lipinski definition) is 5. The maximum atomic E-state index is 12.3. The van der Waals surface area contributed by atoms with E-state index in [9.17, 15) is 9.59 Å². The van der Waals surface area contributed by atoms with E-state index in [-0.39, 0.29) is 12.3 Å². The van der Waals surface area contributed by atoms with Gasteiger partial charge in [0.25, 0.3) is 0 Å². The monoisotopic (exact) mass is 380 g/mol. The number of hydrogen-bond donors (Lipinski definition) is 1. The van der Waals surface area contributed by atoms with E-state index < -0.39 is 5.97 Å². The molecule has 3 rings (SSSR count). The van der Waals surface area contributed by atoms with Gasteiger partial charge in [0, 0.05) is 17.4 Å². The minimum absolute atomic E-state index is 0.170. The lowest BCUT2D eigenvalue weighted by atomic mass is 10.1. The summed E-state index contributed by atoms with van der Waals surface area (Å²) in [4.78, 5) is 28.7. The second-order valence-electron chi connectivity index (χ2n) is 6.10. The number of methoxy groups -OCH3 is 1. The van der Waals surface area contributed by atoms with E-state index in [4.69, 9.17) is 4.74 Å². The van der Waals surface area contributed by atoms with Gasteiger partial charge in [0.15, 0.2) is 0 Å². The van der Waals surface area contributed by atoms with E-state index in [1.54, 1.807) is 35.6 Å². The minimum atomic E-state index is -0.479. The Morgan fingerprint density at radius 3 is 2.74 bits per heavy atom. The first kappa shape index (κ1) is 18.8. The zero-order valence-corrected chi connectivity index (χ0v) is 16.0. The van der Waals surface area contributed by atoms with Crippen molar-refractivity contribution in [2.75, 3.05) is 12.4 Å². The molecular formula is C21H20N2O3S. The highest BCUT2D eigenvalue weighted by molar-refractivity contribution is 7.13. The summed E-state index contributed by atoms with van der Waals surface area (Å²) in [7, 11) is 1.31. The Balaban J connectivity index is 1.61. The van der Waals surface area contributed by atoms with Crippen molar-refractivity contribution in [3.05, 3.63) is 70.7 Å². The van der Waals surface area contributed by atoms with Crippen LogP contribution in [0.4, 0.5) is 5.69 Å². The van der Waals surface area contributed by atoms with E-state index in [1.165, 1.54) is 12.7 Å². The highest BCUT2D eigenvalue weighted by atomic mass is 32.1. The molecule has 27 heavy (non-hydrogen) atoms. The molecule has 0 aliphatic heterocycles. The fourth-order valence-electron chi connectivity index (χ4n) is 2.67. The molecular weight excluding hydrogens is 360 g/mol. The summed E-state index contributed by atoms with van der Waals surface area (Å²) in [6.45, 7) is 2.05. The molecule has 1 aromatic heterocycles. The van der Waals surface area contributed by atoms with E-state index in [2.05, 4.69) is 29.4 Å². The van der Waals surface area contributed by atoms with E-state index >= 15 is 0 Å². The van der Waals surface area contributed by atoms with Gasteiger partial charge in [0.1, 0.15) is 5.01 Å². The largest absolute Gasteiger partial charge is 0.465 e. The predicted octanol–water partition coefficient (Wildman–Crippen LogP) is 4.48. The number of anilines is 1. The van der Waals surface area contributed by atoms with E-state index in [0.717, 1.165) is 16.3 Å². The Morgan fingerprint density at radius 1 is 1.15 bits per heavy atom. The van der Waals surface area contributed by atoms with Crippen LogP contribution in [0.2, 0.25) is 0 Å². The Kier molecular flexibility index (Phi) is 5.98. The summed E-state index contributed by atoms with van der Waals surface area (Å²) >= 11 is 1.57. The Bertz CT molecular complexity index is 965. The number of carbonyl (C=O) groups excluding carboxylic acids is 2. The lowest BCUT2D eigenvalue weighted by Crippen LogP contribution is -2.15. The standard InChI is InChI=1S/C21H20N2O3S/c1-14-6-5-7-15(12-14)20-22-16(13-27-20)10-11-19(24)23-18-9-4-3-8-17(18)21(25)26-2/h3-9,12-13H,10-11H2,1-2H3,(H,23,24). The van der Waals surface area contributed by atoms with Crippen LogP contribution >= 0.6 is 11.3 Å². The summed E-state index contributed by atoms with van der Waals surface area (Å²) < 4.78 is 4.74. The fourth-order valence-corrected chi connectivity index (χ4v) is 3.52. The summed E-state index contributed by atoms with van der Waals surface area (Å²) in [5.74, 6) is -0.648. The molecule has 0 fully saturated rings. The van der Waals surface area contributed by atoms with Crippen molar-refractivity contribution in [2.24, 2.45) is 0 Å². The van der Waals surface area contributed by atoms with Gasteiger partial charge in [0.2, 0.25) is 5.91 Å². The first-order chi connectivity index (χ1) is 13.1. The number of nitrogens with zero attached hydrogens (tertiary/aromatic N) is 1. The lowest BCUT2D eigenvalue weighted by Gasteiger charge is -2.09. The molecule has 3 aromatic rings. The van der Waals surface area contributed by atoms with Gasteiger partial charge in [-0.3, -0.25) is 4.79 Å². The van der Waals surface area contributed by atoms with Crippen molar-refractivity contribution >= 4 is 28.9 Å². The smallest absolute Gasteiger partial charge is 0.339 e. The molecule has 0 unspecified atom stereocenters. The number of nitrogens with one attached hydrogen (secondary N) is 1. The molecule has 0 bridgehead atoms. The lowest BCUT2D eigenvalue weighted by molar-refractivity contribution is -0.116. The van der Waals surface area contributed by atoms with Crippen molar-refractivity contribution in [1.82, 2.24) is 4.98 Å². The zero-order chi connectivity index (χ0) is 19.2. The molecule has 5 nitrogen and oxygen atoms in total. The second-order valence-corrected chi connectivity index (χ2v) is 6.96. The summed E-state index contributed by atoms with van der Waals surface area (Å²) in [6.07, 6.45) is 0.820. The number of amides is 1. The molecule has 0 atom stereocenters. The van der Waals surface area contributed by atoms with Crippen LogP contribution in [0.1, 0.15) is 28.0 Å². The molecule has 1 heterocycles. The number of aryl methyl sites for hydroxylation is 2. The summed E-state index contributed by atoms with van der Waals surface area (Å²) in [5.41, 5.74) is 3.94. The average molecular weight is 380 g/mol. The highest BCUT2D eigenvalue weighted by Crippen LogP contribution is 2.25. The SMILES string of the molecule is COC(=O)c1ccccc1NC(=O)CCc1csc(-c2cccc(C)c2)n1. The molecule has 0 aliphatic rings. The summed E-state index contributed by atoms with van der Waals surface area (Å²) in [5, 5.41) is 5.71. The van der Waals surface area contributed by atoms with Gasteiger partial charge in [0.05, 0.1) is 24.1 Å². The van der Waals surface area contributed by atoms with Crippen LogP contribution in [0.5, 0.6) is 0 Å². The number of aromatic nitrogens is 1. The zero-order valence-electron chi connectivity index (χ0n) is 15.2. The van der Waals surface area contributed by atoms with Crippen LogP contribution in [0, 0.1) is 6.92 Å². The van der Waals surface area contributed by atoms with Crippen molar-refractivity contribution in [2.45, 2.75) is 19.8 Å². The first-order valence-corrected chi connectivity index (χ1v) is 9.43. The summed E-state index contributed by atoms with van der Waals surface area (Å²) in [6, 6.07) is 15.0. The van der Waals surface area contributed by atoms with Crippen molar-refractivity contribution in [3.8, 4) is 10.6 Å². The molecule has 1 amide bonds. The van der Waals surface area contributed by atoms with Crippen molar-refractivity contribution in [1.29, 1.82) is 0 Å². The van der Waals surface area contributed by atoms with Crippen LogP contribution in [-0.2, 0) is 16.0 Å². The maximum absolute atomic E-state index is 12.3. The Hall–Kier alpha value is -2.99. The molecule has 0 saturated heterocycles. The third-order valence-electron chi connectivity index (χ3n) is 4.03. The minimum Gasteiger partial charge on any atom is -0.465 e. The predicted molar refractivity (Wildman–Crippen MR) is 107 cm³/mol. The van der Waals surface area contributed by atoms with Gasteiger partial charge in [-0.25, -0.2) is 9.78 Å². The van der Waals surface area contributed by atoms with Crippen LogP contribution in [0.3, 0.4) is 0 Å². The number of benzene rings is 2. The molecule has 0 spiro atoms. The highest BCUT2D eigenvalue weighted by Gasteiger charge is 2.14. The van der Waals surface area contributed by atoms with Crippen molar-refractivity contribution < 1.29 is 14.3 Å². The van der Waals surface area contributed by atoms with Gasteiger partial charge in [-0.15, -0.1) is 11.3 Å². The number of thiazole rings is 1. The second kappa shape index (κ2) is 8.60. The van der Waals surface area contributed by atoms with E-state index in [0.29, 0.717) is 17.7 Å².